The van der Waals surface area contributed by atoms with Gasteiger partial charge >= 0.3 is 0 Å². The van der Waals surface area contributed by atoms with Crippen molar-refractivity contribution >= 4 is 5.91 Å². The topological polar surface area (TPSA) is 84.8 Å². The minimum Gasteiger partial charge on any atom is -0.294 e. The van der Waals surface area contributed by atoms with E-state index < -0.39 is 0 Å². The lowest BCUT2D eigenvalue weighted by molar-refractivity contribution is -0.689. The fraction of sp³-hybridized carbons (Fsp3) is 0.167. The Bertz CT molecular complexity index is 529. The molecule has 2 aromatic heterocycles. The molecule has 0 spiro atoms. The molecular formula is C12H14N5O+. The highest BCUT2D eigenvalue weighted by Gasteiger charge is 2.08. The number of carbonyl (C=O) groups is 1. The van der Waals surface area contributed by atoms with Crippen molar-refractivity contribution < 1.29 is 9.36 Å². The Labute approximate surface area is 104 Å². The van der Waals surface area contributed by atoms with Crippen LogP contribution in [0, 0.1) is 0 Å². The Hall–Kier alpha value is -2.34. The van der Waals surface area contributed by atoms with Crippen LogP contribution < -0.4 is 15.8 Å². The Morgan fingerprint density at radius 2 is 2.11 bits per heavy atom. The molecule has 0 atom stereocenters. The molecule has 0 radical (unpaired) electrons. The monoisotopic (exact) mass is 244 g/mol. The van der Waals surface area contributed by atoms with Gasteiger partial charge in [0.15, 0.2) is 18.2 Å². The molecule has 0 aliphatic heterocycles. The summed E-state index contributed by atoms with van der Waals surface area (Å²) in [6, 6.07) is 5.52. The molecule has 0 saturated heterocycles. The Morgan fingerprint density at radius 1 is 1.33 bits per heavy atom. The number of pyridine rings is 1. The van der Waals surface area contributed by atoms with Crippen molar-refractivity contribution in [3.8, 4) is 0 Å². The Kier molecular flexibility index (Phi) is 3.93. The maximum atomic E-state index is 11.2. The van der Waals surface area contributed by atoms with E-state index in [1.54, 1.807) is 18.5 Å². The molecule has 0 aliphatic rings. The van der Waals surface area contributed by atoms with Crippen LogP contribution in [-0.4, -0.2) is 15.9 Å². The maximum absolute atomic E-state index is 11.2. The first-order valence-corrected chi connectivity index (χ1v) is 5.51. The van der Waals surface area contributed by atoms with E-state index in [-0.39, 0.29) is 12.3 Å². The van der Waals surface area contributed by atoms with Gasteiger partial charge in [-0.25, -0.2) is 15.8 Å². The van der Waals surface area contributed by atoms with E-state index in [1.807, 2.05) is 29.1 Å². The third-order valence-corrected chi connectivity index (χ3v) is 2.39. The number of hydrazine groups is 1. The van der Waals surface area contributed by atoms with Crippen molar-refractivity contribution in [2.24, 2.45) is 5.84 Å². The zero-order chi connectivity index (χ0) is 12.8. The molecule has 2 rings (SSSR count). The van der Waals surface area contributed by atoms with Gasteiger partial charge in [-0.1, -0.05) is 0 Å². The molecule has 2 aromatic rings. The molecule has 6 heteroatoms. The van der Waals surface area contributed by atoms with E-state index in [1.165, 1.54) is 0 Å². The van der Waals surface area contributed by atoms with E-state index in [2.05, 4.69) is 15.4 Å². The van der Waals surface area contributed by atoms with Crippen molar-refractivity contribution in [2.75, 3.05) is 0 Å². The number of nitrogens with one attached hydrogen (secondary N) is 1. The fourth-order valence-electron chi connectivity index (χ4n) is 1.59. The van der Waals surface area contributed by atoms with Gasteiger partial charge in [-0.2, -0.15) is 4.57 Å². The first-order chi connectivity index (χ1) is 8.78. The number of carbonyl (C=O) groups excluding carboxylic acids is 1. The molecule has 0 aliphatic carbocycles. The third-order valence-electron chi connectivity index (χ3n) is 2.39. The fourth-order valence-corrected chi connectivity index (χ4v) is 1.59. The molecule has 3 N–H and O–H groups in total. The quantitative estimate of drug-likeness (QED) is 0.324. The van der Waals surface area contributed by atoms with Crippen LogP contribution in [0.5, 0.6) is 0 Å². The van der Waals surface area contributed by atoms with Gasteiger partial charge in [0.1, 0.15) is 0 Å². The minimum atomic E-state index is -0.219. The number of hydrogen-bond acceptors (Lipinski definition) is 4. The highest BCUT2D eigenvalue weighted by atomic mass is 16.2. The molecule has 18 heavy (non-hydrogen) atoms. The van der Waals surface area contributed by atoms with Gasteiger partial charge in [-0.15, -0.1) is 0 Å². The lowest BCUT2D eigenvalue weighted by Gasteiger charge is -2.00. The van der Waals surface area contributed by atoms with E-state index in [0.717, 1.165) is 11.4 Å². The molecule has 1 amide bonds. The largest absolute Gasteiger partial charge is 0.294 e. The second-order valence-corrected chi connectivity index (χ2v) is 3.79. The average molecular weight is 244 g/mol. The third kappa shape index (κ3) is 3.33. The summed E-state index contributed by atoms with van der Waals surface area (Å²) in [4.78, 5) is 19.5. The number of rotatable bonds is 4. The predicted octanol–water partition coefficient (Wildman–Crippen LogP) is -0.655. The standard InChI is InChI=1S/C12H13N5O/c13-16-12(18)7-10-3-1-6-17(8-10)9-11-14-4-2-5-15-11/h1-6,8H,7,9,13H2/p+1. The van der Waals surface area contributed by atoms with Crippen molar-refractivity contribution in [1.82, 2.24) is 15.4 Å². The van der Waals surface area contributed by atoms with Gasteiger partial charge in [0.05, 0.1) is 6.42 Å². The van der Waals surface area contributed by atoms with E-state index in [4.69, 9.17) is 5.84 Å². The van der Waals surface area contributed by atoms with Crippen LogP contribution in [0.4, 0.5) is 0 Å². The Balaban J connectivity index is 2.10. The number of nitrogens with zero attached hydrogens (tertiary/aromatic N) is 3. The van der Waals surface area contributed by atoms with E-state index in [9.17, 15) is 4.79 Å². The minimum absolute atomic E-state index is 0.219. The second kappa shape index (κ2) is 5.83. The highest BCUT2D eigenvalue weighted by Crippen LogP contribution is 1.96. The SMILES string of the molecule is NNC(=O)Cc1ccc[n+](Cc2ncccn2)c1. The van der Waals surface area contributed by atoms with Gasteiger partial charge in [-0.3, -0.25) is 10.2 Å². The van der Waals surface area contributed by atoms with Crippen LogP contribution in [0.1, 0.15) is 11.4 Å². The summed E-state index contributed by atoms with van der Waals surface area (Å²) in [7, 11) is 0. The van der Waals surface area contributed by atoms with Gasteiger partial charge in [0.25, 0.3) is 0 Å². The predicted molar refractivity (Wildman–Crippen MR) is 63.8 cm³/mol. The summed E-state index contributed by atoms with van der Waals surface area (Å²) >= 11 is 0. The van der Waals surface area contributed by atoms with Crippen LogP contribution in [-0.2, 0) is 17.8 Å². The van der Waals surface area contributed by atoms with E-state index in [0.29, 0.717) is 6.54 Å². The number of aromatic nitrogens is 3. The summed E-state index contributed by atoms with van der Waals surface area (Å²) < 4.78 is 1.93. The van der Waals surface area contributed by atoms with Crippen molar-refractivity contribution in [3.05, 3.63) is 54.4 Å². The zero-order valence-corrected chi connectivity index (χ0v) is 9.78. The van der Waals surface area contributed by atoms with Crippen LogP contribution in [0.3, 0.4) is 0 Å². The second-order valence-electron chi connectivity index (χ2n) is 3.79. The highest BCUT2D eigenvalue weighted by molar-refractivity contribution is 5.77. The molecule has 0 aromatic carbocycles. The molecule has 0 saturated carbocycles. The first kappa shape index (κ1) is 12.1. The van der Waals surface area contributed by atoms with Crippen LogP contribution in [0.25, 0.3) is 0 Å². The molecule has 0 unspecified atom stereocenters. The number of amides is 1. The molecule has 0 fully saturated rings. The van der Waals surface area contributed by atoms with E-state index >= 15 is 0 Å². The summed E-state index contributed by atoms with van der Waals surface area (Å²) in [5.74, 6) is 5.56. The van der Waals surface area contributed by atoms with Crippen molar-refractivity contribution in [1.29, 1.82) is 0 Å². The molecule has 92 valence electrons. The van der Waals surface area contributed by atoms with Gasteiger partial charge < -0.3 is 0 Å². The number of hydrogen-bond donors (Lipinski definition) is 2. The molecule has 6 nitrogen and oxygen atoms in total. The lowest BCUT2D eigenvalue weighted by Crippen LogP contribution is -2.36. The number of nitrogens with two attached hydrogens (primary N) is 1. The van der Waals surface area contributed by atoms with Gasteiger partial charge in [-0.05, 0) is 12.1 Å². The smallest absolute Gasteiger partial charge is 0.238 e. The normalized spacial score (nSPS) is 10.1. The van der Waals surface area contributed by atoms with Crippen molar-refractivity contribution in [3.63, 3.8) is 0 Å². The summed E-state index contributed by atoms with van der Waals surface area (Å²) in [5, 5.41) is 0. The molecular weight excluding hydrogens is 230 g/mol. The summed E-state index contributed by atoms with van der Waals surface area (Å²) in [5.41, 5.74) is 3.00. The van der Waals surface area contributed by atoms with Gasteiger partial charge in [0, 0.05) is 24.0 Å². The van der Waals surface area contributed by atoms with Crippen molar-refractivity contribution in [2.45, 2.75) is 13.0 Å². The van der Waals surface area contributed by atoms with Gasteiger partial charge in [0.2, 0.25) is 12.5 Å². The Morgan fingerprint density at radius 3 is 2.83 bits per heavy atom. The van der Waals surface area contributed by atoms with Crippen LogP contribution in [0.15, 0.2) is 43.0 Å². The zero-order valence-electron chi connectivity index (χ0n) is 9.78. The summed E-state index contributed by atoms with van der Waals surface area (Å²) in [6.07, 6.45) is 7.45. The first-order valence-electron chi connectivity index (χ1n) is 5.51. The lowest BCUT2D eigenvalue weighted by atomic mass is 10.2. The van der Waals surface area contributed by atoms with Crippen LogP contribution >= 0.6 is 0 Å². The molecule has 0 bridgehead atoms. The molecule has 2 heterocycles. The summed E-state index contributed by atoms with van der Waals surface area (Å²) in [6.45, 7) is 0.568. The van der Waals surface area contributed by atoms with Crippen LogP contribution in [0.2, 0.25) is 0 Å². The maximum Gasteiger partial charge on any atom is 0.238 e. The average Bonchev–Trinajstić information content (AvgIpc) is 2.40.